The van der Waals surface area contributed by atoms with Gasteiger partial charge in [-0.25, -0.2) is 0 Å². The van der Waals surface area contributed by atoms with Gasteiger partial charge in [-0.15, -0.1) is 0 Å². The summed E-state index contributed by atoms with van der Waals surface area (Å²) in [5.74, 6) is -0.276. The van der Waals surface area contributed by atoms with Gasteiger partial charge >= 0.3 is 6.18 Å². The monoisotopic (exact) mass is 433 g/mol. The van der Waals surface area contributed by atoms with Crippen LogP contribution in [0.4, 0.5) is 13.2 Å². The van der Waals surface area contributed by atoms with Crippen LogP contribution < -0.4 is 0 Å². The minimum Gasteiger partial charge on any atom is -0.339 e. The molecule has 0 unspecified atom stereocenters. The first-order valence-electron chi connectivity index (χ1n) is 9.67. The molecule has 3 nitrogen and oxygen atoms in total. The minimum atomic E-state index is -4.48. The van der Waals surface area contributed by atoms with Gasteiger partial charge in [-0.1, -0.05) is 41.9 Å². The van der Waals surface area contributed by atoms with Gasteiger partial charge in [0.05, 0.1) is 5.56 Å². The van der Waals surface area contributed by atoms with E-state index < -0.39 is 11.7 Å². The topological polar surface area (TPSA) is 37.4 Å². The fourth-order valence-corrected chi connectivity index (χ4v) is 4.91. The zero-order valence-electron chi connectivity index (χ0n) is 16.0. The predicted molar refractivity (Wildman–Crippen MR) is 108 cm³/mol. The summed E-state index contributed by atoms with van der Waals surface area (Å²) in [7, 11) is 0. The molecule has 0 atom stereocenters. The number of halogens is 4. The molecular formula is C23H19ClF3NO2. The minimum absolute atomic E-state index is 0.0473. The Hall–Kier alpha value is -2.60. The van der Waals surface area contributed by atoms with Crippen molar-refractivity contribution in [3.63, 3.8) is 0 Å². The smallest absolute Gasteiger partial charge is 0.339 e. The van der Waals surface area contributed by atoms with E-state index in [4.69, 9.17) is 11.6 Å². The SMILES string of the molecule is O=C1CC2(CCN(C(=O)/C=C/c3ccccc3C(F)(F)F)CC2)c2c(Cl)cccc21. The number of piperidine rings is 1. The van der Waals surface area contributed by atoms with Crippen LogP contribution in [0.3, 0.4) is 0 Å². The van der Waals surface area contributed by atoms with Gasteiger partial charge < -0.3 is 4.90 Å². The van der Waals surface area contributed by atoms with E-state index in [2.05, 4.69) is 0 Å². The van der Waals surface area contributed by atoms with E-state index in [1.54, 1.807) is 23.1 Å². The first kappa shape index (κ1) is 20.7. The Kier molecular flexibility index (Phi) is 5.22. The molecule has 0 bridgehead atoms. The third-order valence-corrected chi connectivity index (χ3v) is 6.36. The second kappa shape index (κ2) is 7.58. The molecule has 1 fully saturated rings. The summed E-state index contributed by atoms with van der Waals surface area (Å²) in [6, 6.07) is 10.5. The number of amides is 1. The molecule has 1 aliphatic heterocycles. The predicted octanol–water partition coefficient (Wildman–Crippen LogP) is 5.52. The molecule has 7 heteroatoms. The Balaban J connectivity index is 1.48. The first-order valence-corrected chi connectivity index (χ1v) is 10.0. The van der Waals surface area contributed by atoms with Gasteiger partial charge in [0.25, 0.3) is 0 Å². The largest absolute Gasteiger partial charge is 0.416 e. The zero-order valence-corrected chi connectivity index (χ0v) is 16.8. The Labute approximate surface area is 177 Å². The van der Waals surface area contributed by atoms with Gasteiger partial charge in [-0.3, -0.25) is 9.59 Å². The Bertz CT molecular complexity index is 1040. The van der Waals surface area contributed by atoms with E-state index in [9.17, 15) is 22.8 Å². The number of nitrogens with zero attached hydrogens (tertiary/aromatic N) is 1. The lowest BCUT2D eigenvalue weighted by Crippen LogP contribution is -2.44. The van der Waals surface area contributed by atoms with E-state index in [-0.39, 0.29) is 22.7 Å². The maximum atomic E-state index is 13.1. The standard InChI is InChI=1S/C23H19ClF3NO2/c24-18-7-3-5-16-19(29)14-22(21(16)18)10-12-28(13-11-22)20(30)9-8-15-4-1-2-6-17(15)23(25,26)27/h1-9H,10-14H2/b9-8+. The van der Waals surface area contributed by atoms with E-state index in [1.165, 1.54) is 30.4 Å². The van der Waals surface area contributed by atoms with Crippen molar-refractivity contribution in [3.8, 4) is 0 Å². The van der Waals surface area contributed by atoms with Gasteiger partial charge in [-0.05, 0) is 42.2 Å². The van der Waals surface area contributed by atoms with Crippen molar-refractivity contribution in [2.75, 3.05) is 13.1 Å². The second-order valence-corrected chi connectivity index (χ2v) is 8.19. The number of alkyl halides is 3. The van der Waals surface area contributed by atoms with Crippen molar-refractivity contribution in [2.45, 2.75) is 30.9 Å². The van der Waals surface area contributed by atoms with Crippen LogP contribution >= 0.6 is 11.6 Å². The lowest BCUT2D eigenvalue weighted by molar-refractivity contribution is -0.137. The maximum absolute atomic E-state index is 13.1. The maximum Gasteiger partial charge on any atom is 0.416 e. The summed E-state index contributed by atoms with van der Waals surface area (Å²) in [4.78, 5) is 26.6. The molecule has 1 saturated heterocycles. The van der Waals surface area contributed by atoms with Gasteiger partial charge in [0, 0.05) is 41.6 Å². The van der Waals surface area contributed by atoms with Crippen LogP contribution in [0.2, 0.25) is 5.02 Å². The molecule has 0 aromatic heterocycles. The molecule has 1 amide bonds. The number of rotatable bonds is 2. The summed E-state index contributed by atoms with van der Waals surface area (Å²) >= 11 is 6.39. The Morgan fingerprint density at radius 3 is 2.47 bits per heavy atom. The molecule has 0 saturated carbocycles. The first-order chi connectivity index (χ1) is 14.2. The summed E-state index contributed by atoms with van der Waals surface area (Å²) in [5, 5.41) is 0.571. The second-order valence-electron chi connectivity index (χ2n) is 7.79. The summed E-state index contributed by atoms with van der Waals surface area (Å²) in [6.45, 7) is 0.837. The van der Waals surface area contributed by atoms with Gasteiger partial charge in [0.2, 0.25) is 5.91 Å². The number of benzene rings is 2. The normalized spacial score (nSPS) is 18.3. The molecule has 2 aromatic rings. The molecule has 1 heterocycles. The van der Waals surface area contributed by atoms with E-state index in [0.717, 1.165) is 11.6 Å². The lowest BCUT2D eigenvalue weighted by Gasteiger charge is -2.39. The highest BCUT2D eigenvalue weighted by Gasteiger charge is 2.46. The Morgan fingerprint density at radius 1 is 1.07 bits per heavy atom. The number of carbonyl (C=O) groups is 2. The summed E-state index contributed by atoms with van der Waals surface area (Å²) < 4.78 is 39.3. The number of fused-ring (bicyclic) bond motifs is 2. The average molecular weight is 434 g/mol. The number of Topliss-reactive ketones (excluding diaryl/α,β-unsaturated/α-hetero) is 1. The van der Waals surface area contributed by atoms with Gasteiger partial charge in [0.15, 0.2) is 5.78 Å². The summed E-state index contributed by atoms with van der Waals surface area (Å²) in [6.07, 6.45) is -0.529. The van der Waals surface area contributed by atoms with Gasteiger partial charge in [-0.2, -0.15) is 13.2 Å². The fraction of sp³-hybridized carbons (Fsp3) is 0.304. The number of hydrogen-bond acceptors (Lipinski definition) is 2. The van der Waals surface area contributed by atoms with Crippen LogP contribution in [0.5, 0.6) is 0 Å². The van der Waals surface area contributed by atoms with Crippen LogP contribution in [-0.2, 0) is 16.4 Å². The van der Waals surface area contributed by atoms with Crippen molar-refractivity contribution in [2.24, 2.45) is 0 Å². The number of hydrogen-bond donors (Lipinski definition) is 0. The molecule has 1 spiro atoms. The van der Waals surface area contributed by atoms with Crippen molar-refractivity contribution in [3.05, 3.63) is 75.8 Å². The molecule has 0 radical (unpaired) electrons. The number of carbonyl (C=O) groups excluding carboxylic acids is 2. The highest BCUT2D eigenvalue weighted by atomic mass is 35.5. The van der Waals surface area contributed by atoms with Crippen LogP contribution in [0, 0.1) is 0 Å². The van der Waals surface area contributed by atoms with Gasteiger partial charge in [0.1, 0.15) is 0 Å². The molecule has 0 N–H and O–H groups in total. The zero-order chi connectivity index (χ0) is 21.5. The number of ketones is 1. The van der Waals surface area contributed by atoms with Crippen LogP contribution in [0.25, 0.3) is 6.08 Å². The molecule has 156 valence electrons. The lowest BCUT2D eigenvalue weighted by atomic mass is 9.73. The van der Waals surface area contributed by atoms with Crippen LogP contribution in [0.15, 0.2) is 48.5 Å². The highest BCUT2D eigenvalue weighted by Crippen LogP contribution is 2.49. The van der Waals surface area contributed by atoms with Crippen molar-refractivity contribution < 1.29 is 22.8 Å². The van der Waals surface area contributed by atoms with Crippen LogP contribution in [0.1, 0.15) is 46.3 Å². The van der Waals surface area contributed by atoms with E-state index in [0.29, 0.717) is 42.9 Å². The van der Waals surface area contributed by atoms with E-state index in [1.807, 2.05) is 0 Å². The molecule has 2 aromatic carbocycles. The molecular weight excluding hydrogens is 415 g/mol. The average Bonchev–Trinajstić information content (AvgIpc) is 2.99. The Morgan fingerprint density at radius 2 is 1.77 bits per heavy atom. The molecule has 2 aliphatic rings. The van der Waals surface area contributed by atoms with Crippen LogP contribution in [-0.4, -0.2) is 29.7 Å². The van der Waals surface area contributed by atoms with Crippen molar-refractivity contribution >= 4 is 29.4 Å². The van der Waals surface area contributed by atoms with Crippen molar-refractivity contribution in [1.29, 1.82) is 0 Å². The quantitative estimate of drug-likeness (QED) is 0.585. The highest BCUT2D eigenvalue weighted by molar-refractivity contribution is 6.32. The third-order valence-electron chi connectivity index (χ3n) is 6.05. The molecule has 4 rings (SSSR count). The molecule has 1 aliphatic carbocycles. The third kappa shape index (κ3) is 3.65. The van der Waals surface area contributed by atoms with E-state index >= 15 is 0 Å². The summed E-state index contributed by atoms with van der Waals surface area (Å²) in [5.41, 5.74) is 0.342. The number of likely N-dealkylation sites (tertiary alicyclic amines) is 1. The fourth-order valence-electron chi connectivity index (χ4n) is 4.54. The van der Waals surface area contributed by atoms with Crippen molar-refractivity contribution in [1.82, 2.24) is 4.90 Å². The molecule has 30 heavy (non-hydrogen) atoms.